The molecular formula is C15H9BrClF6N3O. The minimum Gasteiger partial charge on any atom is -0.329 e. The van der Waals surface area contributed by atoms with Crippen molar-refractivity contribution in [3.05, 3.63) is 50.5 Å². The van der Waals surface area contributed by atoms with Crippen molar-refractivity contribution in [1.29, 1.82) is 0 Å². The van der Waals surface area contributed by atoms with Gasteiger partial charge in [0.25, 0.3) is 5.91 Å². The zero-order chi connectivity index (χ0) is 20.1. The highest BCUT2D eigenvalue weighted by molar-refractivity contribution is 9.10. The molecule has 0 saturated heterocycles. The number of nitrogens with zero attached hydrogens (tertiary/aromatic N) is 3. The Morgan fingerprint density at radius 1 is 1.11 bits per heavy atom. The van der Waals surface area contributed by atoms with E-state index < -0.39 is 34.5 Å². The number of aromatic nitrogens is 2. The number of fused-ring (bicyclic) bond motifs is 1. The molecule has 0 unspecified atom stereocenters. The average Bonchev–Trinajstić information content (AvgIpc) is 2.90. The van der Waals surface area contributed by atoms with E-state index in [1.807, 2.05) is 0 Å². The van der Waals surface area contributed by atoms with Crippen LogP contribution in [0.15, 0.2) is 22.8 Å². The van der Waals surface area contributed by atoms with Crippen molar-refractivity contribution in [1.82, 2.24) is 14.5 Å². The summed E-state index contributed by atoms with van der Waals surface area (Å²) in [5.74, 6) is -0.845. The van der Waals surface area contributed by atoms with Crippen LogP contribution in [0.25, 0.3) is 0 Å². The molecule has 0 atom stereocenters. The van der Waals surface area contributed by atoms with Gasteiger partial charge < -0.3 is 9.47 Å². The number of hydrogen-bond donors (Lipinski definition) is 0. The maximum Gasteiger partial charge on any atom is 0.436 e. The van der Waals surface area contributed by atoms with Gasteiger partial charge in [0.2, 0.25) is 0 Å². The van der Waals surface area contributed by atoms with Gasteiger partial charge in [-0.1, -0.05) is 17.7 Å². The Hall–Kier alpha value is -1.75. The van der Waals surface area contributed by atoms with Gasteiger partial charge in [0.1, 0.15) is 10.4 Å². The maximum atomic E-state index is 13.0. The predicted octanol–water partition coefficient (Wildman–Crippen LogP) is 4.99. The molecule has 12 heteroatoms. The van der Waals surface area contributed by atoms with Crippen molar-refractivity contribution in [3.8, 4) is 0 Å². The largest absolute Gasteiger partial charge is 0.436 e. The Kier molecular flexibility index (Phi) is 4.96. The van der Waals surface area contributed by atoms with Crippen molar-refractivity contribution < 1.29 is 31.1 Å². The summed E-state index contributed by atoms with van der Waals surface area (Å²) in [5.41, 5.74) is -2.65. The van der Waals surface area contributed by atoms with Crippen LogP contribution in [0.4, 0.5) is 26.3 Å². The molecule has 2 aromatic rings. The Labute approximate surface area is 161 Å². The molecule has 1 aromatic heterocycles. The molecular weight excluding hydrogens is 468 g/mol. The highest BCUT2D eigenvalue weighted by atomic mass is 79.9. The molecule has 0 aliphatic carbocycles. The van der Waals surface area contributed by atoms with Gasteiger partial charge in [-0.3, -0.25) is 4.79 Å². The SMILES string of the molecule is O=C(c1cccc(C(F)(F)F)c1Cl)N1CCn2c(nc(C(F)(F)F)c2Br)C1. The van der Waals surface area contributed by atoms with E-state index in [0.717, 1.165) is 23.1 Å². The van der Waals surface area contributed by atoms with E-state index in [1.165, 1.54) is 4.57 Å². The lowest BCUT2D eigenvalue weighted by molar-refractivity contribution is -0.141. The summed E-state index contributed by atoms with van der Waals surface area (Å²) in [7, 11) is 0. The predicted molar refractivity (Wildman–Crippen MR) is 86.1 cm³/mol. The Morgan fingerprint density at radius 2 is 1.78 bits per heavy atom. The smallest absolute Gasteiger partial charge is 0.329 e. The molecule has 1 aliphatic rings. The van der Waals surface area contributed by atoms with Gasteiger partial charge in [-0.25, -0.2) is 4.98 Å². The summed E-state index contributed by atoms with van der Waals surface area (Å²) in [6.45, 7) is -0.300. The first-order valence-electron chi connectivity index (χ1n) is 7.38. The van der Waals surface area contributed by atoms with E-state index in [-0.39, 0.29) is 35.6 Å². The van der Waals surface area contributed by atoms with Gasteiger partial charge >= 0.3 is 12.4 Å². The van der Waals surface area contributed by atoms with Gasteiger partial charge in [-0.05, 0) is 28.1 Å². The van der Waals surface area contributed by atoms with Gasteiger partial charge in [0, 0.05) is 13.1 Å². The molecule has 0 N–H and O–H groups in total. The van der Waals surface area contributed by atoms with Gasteiger partial charge in [-0.15, -0.1) is 0 Å². The Morgan fingerprint density at radius 3 is 2.37 bits per heavy atom. The molecule has 4 nitrogen and oxygen atoms in total. The van der Waals surface area contributed by atoms with Crippen LogP contribution < -0.4 is 0 Å². The lowest BCUT2D eigenvalue weighted by Gasteiger charge is -2.28. The minimum atomic E-state index is -4.74. The fourth-order valence-corrected chi connectivity index (χ4v) is 3.74. The van der Waals surface area contributed by atoms with Crippen LogP contribution in [0, 0.1) is 0 Å². The van der Waals surface area contributed by atoms with Crippen LogP contribution in [-0.2, 0) is 25.4 Å². The molecule has 1 aliphatic heterocycles. The quantitative estimate of drug-likeness (QED) is 0.544. The van der Waals surface area contributed by atoms with Crippen LogP contribution in [0.3, 0.4) is 0 Å². The number of benzene rings is 1. The number of imidazole rings is 1. The van der Waals surface area contributed by atoms with E-state index in [4.69, 9.17) is 11.6 Å². The molecule has 1 aromatic carbocycles. The molecule has 3 rings (SSSR count). The minimum absolute atomic E-state index is 0.00131. The molecule has 0 radical (unpaired) electrons. The third kappa shape index (κ3) is 3.66. The van der Waals surface area contributed by atoms with E-state index >= 15 is 0 Å². The number of hydrogen-bond acceptors (Lipinski definition) is 2. The fourth-order valence-electron chi connectivity index (χ4n) is 2.74. The van der Waals surface area contributed by atoms with E-state index in [2.05, 4.69) is 20.9 Å². The van der Waals surface area contributed by atoms with Crippen LogP contribution in [0.5, 0.6) is 0 Å². The summed E-state index contributed by atoms with van der Waals surface area (Å²) >= 11 is 8.60. The van der Waals surface area contributed by atoms with Crippen molar-refractivity contribution >= 4 is 33.4 Å². The first-order valence-corrected chi connectivity index (χ1v) is 8.55. The number of halogens is 8. The lowest BCUT2D eigenvalue weighted by Crippen LogP contribution is -2.38. The second-order valence-corrected chi connectivity index (χ2v) is 6.84. The van der Waals surface area contributed by atoms with Crippen LogP contribution in [0.2, 0.25) is 5.02 Å². The number of alkyl halides is 6. The van der Waals surface area contributed by atoms with Crippen LogP contribution in [0.1, 0.15) is 27.4 Å². The van der Waals surface area contributed by atoms with Gasteiger partial charge in [-0.2, -0.15) is 26.3 Å². The third-order valence-electron chi connectivity index (χ3n) is 4.00. The molecule has 0 spiro atoms. The summed E-state index contributed by atoms with van der Waals surface area (Å²) in [6.07, 6.45) is -9.42. The molecule has 0 fully saturated rings. The molecule has 2 heterocycles. The Balaban J connectivity index is 1.92. The number of carbonyl (C=O) groups excluding carboxylic acids is 1. The van der Waals surface area contributed by atoms with E-state index in [1.54, 1.807) is 0 Å². The summed E-state index contributed by atoms with van der Waals surface area (Å²) in [4.78, 5) is 17.2. The van der Waals surface area contributed by atoms with Gasteiger partial charge in [0.05, 0.1) is 22.7 Å². The van der Waals surface area contributed by atoms with E-state index in [9.17, 15) is 31.1 Å². The fraction of sp³-hybridized carbons (Fsp3) is 0.333. The standard InChI is InChI=1S/C15H9BrClF6N3O/c16-12-11(15(21,22)23)24-9-6-25(4-5-26(9)12)13(27)7-2-1-3-8(10(7)17)14(18,19)20/h1-3H,4-6H2. The zero-order valence-electron chi connectivity index (χ0n) is 13.1. The third-order valence-corrected chi connectivity index (χ3v) is 5.21. The maximum absolute atomic E-state index is 13.0. The van der Waals surface area contributed by atoms with Crippen molar-refractivity contribution in [2.75, 3.05) is 6.54 Å². The first-order chi connectivity index (χ1) is 12.4. The highest BCUT2D eigenvalue weighted by Gasteiger charge is 2.40. The second kappa shape index (κ2) is 6.69. The zero-order valence-corrected chi connectivity index (χ0v) is 15.5. The topological polar surface area (TPSA) is 38.1 Å². The first kappa shape index (κ1) is 20.0. The van der Waals surface area contributed by atoms with Gasteiger partial charge in [0.15, 0.2) is 5.69 Å². The van der Waals surface area contributed by atoms with E-state index in [0.29, 0.717) is 0 Å². The second-order valence-electron chi connectivity index (χ2n) is 5.71. The summed E-state index contributed by atoms with van der Waals surface area (Å²) < 4.78 is 78.7. The number of carbonyl (C=O) groups is 1. The van der Waals surface area contributed by atoms with Crippen LogP contribution in [-0.4, -0.2) is 26.9 Å². The van der Waals surface area contributed by atoms with Crippen molar-refractivity contribution in [2.24, 2.45) is 0 Å². The lowest BCUT2D eigenvalue weighted by atomic mass is 10.1. The molecule has 146 valence electrons. The monoisotopic (exact) mass is 475 g/mol. The molecule has 0 bridgehead atoms. The Bertz CT molecular complexity index is 908. The highest BCUT2D eigenvalue weighted by Crippen LogP contribution is 2.38. The van der Waals surface area contributed by atoms with Crippen LogP contribution >= 0.6 is 27.5 Å². The molecule has 1 amide bonds. The van der Waals surface area contributed by atoms with Crippen molar-refractivity contribution in [2.45, 2.75) is 25.4 Å². The molecule has 27 heavy (non-hydrogen) atoms. The number of amides is 1. The average molecular weight is 477 g/mol. The summed E-state index contributed by atoms with van der Waals surface area (Å²) in [6, 6.07) is 2.93. The van der Waals surface area contributed by atoms with Crippen molar-refractivity contribution in [3.63, 3.8) is 0 Å². The summed E-state index contributed by atoms with van der Waals surface area (Å²) in [5, 5.41) is -0.749. The molecule has 0 saturated carbocycles. The normalized spacial score (nSPS) is 15.0. The number of rotatable bonds is 1.